The first-order valence-electron chi connectivity index (χ1n) is 8.22. The maximum atomic E-state index is 11.8. The highest BCUT2D eigenvalue weighted by molar-refractivity contribution is 5.81. The first kappa shape index (κ1) is 18.5. The lowest BCUT2D eigenvalue weighted by atomic mass is 10.2. The molecule has 0 aliphatic rings. The molecule has 0 bridgehead atoms. The second-order valence-electron chi connectivity index (χ2n) is 5.95. The van der Waals surface area contributed by atoms with Gasteiger partial charge in [0.2, 0.25) is 5.91 Å². The molecule has 1 aromatic heterocycles. The molecular formula is C18H24N4O3. The lowest BCUT2D eigenvalue weighted by Crippen LogP contribution is -2.43. The smallest absolute Gasteiger partial charge is 0.260 e. The highest BCUT2D eigenvalue weighted by atomic mass is 16.5. The minimum atomic E-state index is -0.324. The molecule has 0 unspecified atom stereocenters. The summed E-state index contributed by atoms with van der Waals surface area (Å²) >= 11 is 0. The fourth-order valence-corrected chi connectivity index (χ4v) is 2.34. The summed E-state index contributed by atoms with van der Waals surface area (Å²) in [6.07, 6.45) is 0.832. The number of carbonyl (C=O) groups is 2. The van der Waals surface area contributed by atoms with E-state index < -0.39 is 0 Å². The monoisotopic (exact) mass is 344 g/mol. The van der Waals surface area contributed by atoms with Crippen molar-refractivity contribution in [3.05, 3.63) is 47.3 Å². The van der Waals surface area contributed by atoms with Crippen LogP contribution < -0.4 is 15.6 Å². The third-order valence-electron chi connectivity index (χ3n) is 3.54. The van der Waals surface area contributed by atoms with Gasteiger partial charge >= 0.3 is 0 Å². The SMILES string of the molecule is Cc1cccc(OCCCC(=O)NNC(=O)Cn2nc(C)cc2C)c1. The molecular weight excluding hydrogens is 320 g/mol. The Kier molecular flexibility index (Phi) is 6.56. The van der Waals surface area contributed by atoms with Gasteiger partial charge in [-0.1, -0.05) is 12.1 Å². The van der Waals surface area contributed by atoms with Gasteiger partial charge in [0.1, 0.15) is 12.3 Å². The summed E-state index contributed by atoms with van der Waals surface area (Å²) in [4.78, 5) is 23.5. The molecule has 7 nitrogen and oxygen atoms in total. The number of ether oxygens (including phenoxy) is 1. The molecule has 2 N–H and O–H groups in total. The first-order valence-corrected chi connectivity index (χ1v) is 8.22. The number of rotatable bonds is 7. The lowest BCUT2D eigenvalue weighted by Gasteiger charge is -2.09. The summed E-state index contributed by atoms with van der Waals surface area (Å²) in [6, 6.07) is 9.64. The highest BCUT2D eigenvalue weighted by Gasteiger charge is 2.08. The average molecular weight is 344 g/mol. The normalized spacial score (nSPS) is 10.4. The van der Waals surface area contributed by atoms with Crippen LogP contribution in [0.3, 0.4) is 0 Å². The van der Waals surface area contributed by atoms with E-state index in [1.54, 1.807) is 4.68 Å². The standard InChI is InChI=1S/C18H24N4O3/c1-13-6-4-7-16(10-13)25-9-5-8-17(23)19-20-18(24)12-22-15(3)11-14(2)21-22/h4,6-7,10-11H,5,8-9,12H2,1-3H3,(H,19,23)(H,20,24). The number of hydrazine groups is 1. The number of hydrogen-bond acceptors (Lipinski definition) is 4. The Balaban J connectivity index is 1.62. The molecule has 0 spiro atoms. The van der Waals surface area contributed by atoms with E-state index >= 15 is 0 Å². The van der Waals surface area contributed by atoms with Crippen LogP contribution in [0, 0.1) is 20.8 Å². The number of nitrogens with zero attached hydrogens (tertiary/aromatic N) is 2. The van der Waals surface area contributed by atoms with Gasteiger partial charge in [-0.15, -0.1) is 0 Å². The predicted octanol–water partition coefficient (Wildman–Crippen LogP) is 1.81. The average Bonchev–Trinajstić information content (AvgIpc) is 2.87. The van der Waals surface area contributed by atoms with E-state index in [4.69, 9.17) is 4.74 Å². The molecule has 7 heteroatoms. The molecule has 1 aromatic carbocycles. The second kappa shape index (κ2) is 8.86. The lowest BCUT2D eigenvalue weighted by molar-refractivity contribution is -0.129. The van der Waals surface area contributed by atoms with Crippen molar-refractivity contribution in [2.24, 2.45) is 0 Å². The van der Waals surface area contributed by atoms with Gasteiger partial charge in [-0.3, -0.25) is 25.1 Å². The van der Waals surface area contributed by atoms with Crippen LogP contribution in [0.2, 0.25) is 0 Å². The fraction of sp³-hybridized carbons (Fsp3) is 0.389. The minimum absolute atomic E-state index is 0.0659. The minimum Gasteiger partial charge on any atom is -0.494 e. The Bertz CT molecular complexity index is 740. The van der Waals surface area contributed by atoms with Crippen LogP contribution in [0.25, 0.3) is 0 Å². The molecule has 1 heterocycles. The van der Waals surface area contributed by atoms with Crippen molar-refractivity contribution < 1.29 is 14.3 Å². The van der Waals surface area contributed by atoms with E-state index in [0.29, 0.717) is 13.0 Å². The van der Waals surface area contributed by atoms with Crippen LogP contribution in [0.1, 0.15) is 29.8 Å². The van der Waals surface area contributed by atoms with E-state index in [9.17, 15) is 9.59 Å². The molecule has 2 rings (SSSR count). The maximum absolute atomic E-state index is 11.8. The van der Waals surface area contributed by atoms with Crippen LogP contribution in [0.5, 0.6) is 5.75 Å². The van der Waals surface area contributed by atoms with Crippen LogP contribution in [0.4, 0.5) is 0 Å². The number of aromatic nitrogens is 2. The second-order valence-corrected chi connectivity index (χ2v) is 5.95. The largest absolute Gasteiger partial charge is 0.494 e. The molecule has 0 fully saturated rings. The Morgan fingerprint density at radius 3 is 2.56 bits per heavy atom. The molecule has 25 heavy (non-hydrogen) atoms. The fourth-order valence-electron chi connectivity index (χ4n) is 2.34. The molecule has 0 radical (unpaired) electrons. The van der Waals surface area contributed by atoms with Crippen LogP contribution in [0.15, 0.2) is 30.3 Å². The number of aryl methyl sites for hydroxylation is 3. The highest BCUT2D eigenvalue weighted by Crippen LogP contribution is 2.12. The van der Waals surface area contributed by atoms with E-state index in [-0.39, 0.29) is 24.8 Å². The van der Waals surface area contributed by atoms with E-state index in [1.807, 2.05) is 51.1 Å². The van der Waals surface area contributed by atoms with Gasteiger partial charge < -0.3 is 4.74 Å². The molecule has 0 atom stereocenters. The number of benzene rings is 1. The van der Waals surface area contributed by atoms with E-state index in [1.165, 1.54) is 0 Å². The Labute approximate surface area is 147 Å². The van der Waals surface area contributed by atoms with Crippen molar-refractivity contribution in [1.82, 2.24) is 20.6 Å². The summed E-state index contributed by atoms with van der Waals surface area (Å²) in [7, 11) is 0. The Hall–Kier alpha value is -2.83. The van der Waals surface area contributed by atoms with Crippen LogP contribution in [-0.4, -0.2) is 28.2 Å². The zero-order chi connectivity index (χ0) is 18.2. The molecule has 0 aliphatic heterocycles. The zero-order valence-corrected chi connectivity index (χ0v) is 14.8. The summed E-state index contributed by atoms with van der Waals surface area (Å²) in [5.41, 5.74) is 7.67. The summed E-state index contributed by atoms with van der Waals surface area (Å²) in [5, 5.41) is 4.20. The number of carbonyl (C=O) groups excluding carboxylic acids is 2. The number of nitrogens with one attached hydrogen (secondary N) is 2. The third-order valence-corrected chi connectivity index (χ3v) is 3.54. The summed E-state index contributed by atoms with van der Waals surface area (Å²) in [5.74, 6) is 0.212. The van der Waals surface area contributed by atoms with Crippen molar-refractivity contribution in [3.8, 4) is 5.75 Å². The van der Waals surface area contributed by atoms with E-state index in [0.717, 1.165) is 22.7 Å². The first-order chi connectivity index (χ1) is 11.9. The molecule has 0 aliphatic carbocycles. The maximum Gasteiger partial charge on any atom is 0.260 e. The molecule has 2 aromatic rings. The van der Waals surface area contributed by atoms with Gasteiger partial charge in [-0.25, -0.2) is 0 Å². The summed E-state index contributed by atoms with van der Waals surface area (Å²) in [6.45, 7) is 6.24. The Morgan fingerprint density at radius 2 is 1.88 bits per heavy atom. The number of hydrogen-bond donors (Lipinski definition) is 2. The van der Waals surface area contributed by atoms with Gasteiger partial charge in [0.25, 0.3) is 5.91 Å². The molecule has 0 saturated carbocycles. The Morgan fingerprint density at radius 1 is 1.12 bits per heavy atom. The van der Waals surface area contributed by atoms with Crippen molar-refractivity contribution in [3.63, 3.8) is 0 Å². The molecule has 0 saturated heterocycles. The molecule has 2 amide bonds. The number of amides is 2. The summed E-state index contributed by atoms with van der Waals surface area (Å²) < 4.78 is 7.17. The van der Waals surface area contributed by atoms with Gasteiger partial charge in [0.05, 0.1) is 12.3 Å². The molecule has 134 valence electrons. The van der Waals surface area contributed by atoms with E-state index in [2.05, 4.69) is 16.0 Å². The quantitative estimate of drug-likeness (QED) is 0.593. The van der Waals surface area contributed by atoms with Gasteiger partial charge in [0.15, 0.2) is 0 Å². The zero-order valence-electron chi connectivity index (χ0n) is 14.8. The van der Waals surface area contributed by atoms with Crippen molar-refractivity contribution in [1.29, 1.82) is 0 Å². The topological polar surface area (TPSA) is 85.3 Å². The predicted molar refractivity (Wildman–Crippen MR) is 93.9 cm³/mol. The van der Waals surface area contributed by atoms with Gasteiger partial charge in [-0.2, -0.15) is 5.10 Å². The van der Waals surface area contributed by atoms with Crippen molar-refractivity contribution in [2.75, 3.05) is 6.61 Å². The van der Waals surface area contributed by atoms with Gasteiger partial charge in [-0.05, 0) is 51.0 Å². The third kappa shape index (κ3) is 6.29. The van der Waals surface area contributed by atoms with Crippen molar-refractivity contribution in [2.45, 2.75) is 40.2 Å². The van der Waals surface area contributed by atoms with Crippen LogP contribution >= 0.6 is 0 Å². The van der Waals surface area contributed by atoms with Crippen molar-refractivity contribution >= 4 is 11.8 Å². The van der Waals surface area contributed by atoms with Crippen LogP contribution in [-0.2, 0) is 16.1 Å². The van der Waals surface area contributed by atoms with Gasteiger partial charge in [0, 0.05) is 12.1 Å².